The number of hydrogen-bond acceptors (Lipinski definition) is 10. The van der Waals surface area contributed by atoms with Crippen molar-refractivity contribution >= 4 is 45.8 Å². The van der Waals surface area contributed by atoms with Crippen molar-refractivity contribution in [2.24, 2.45) is 11.5 Å². The maximum absolute atomic E-state index is 8.52. The number of nitrogens with two attached hydrogens (primary N) is 2. The van der Waals surface area contributed by atoms with Crippen LogP contribution in [0.1, 0.15) is 11.1 Å². The summed E-state index contributed by atoms with van der Waals surface area (Å²) in [7, 11) is -5.17. The van der Waals surface area contributed by atoms with Crippen LogP contribution >= 0.6 is 23.5 Å². The lowest BCUT2D eigenvalue weighted by molar-refractivity contribution is 0.174. The van der Waals surface area contributed by atoms with E-state index in [1.54, 1.807) is 23.5 Å². The average molecular weight is 625 g/mol. The van der Waals surface area contributed by atoms with Crippen LogP contribution in [0.3, 0.4) is 0 Å². The van der Waals surface area contributed by atoms with Gasteiger partial charge in [0.25, 0.3) is 0 Å². The number of benzene rings is 2. The van der Waals surface area contributed by atoms with Crippen LogP contribution < -0.4 is 11.5 Å². The molecule has 0 bridgehead atoms. The van der Waals surface area contributed by atoms with Crippen molar-refractivity contribution in [1.29, 1.82) is 10.8 Å². The summed E-state index contributed by atoms with van der Waals surface area (Å²) in [6.45, 7) is 9.31. The van der Waals surface area contributed by atoms with Gasteiger partial charge in [-0.3, -0.25) is 29.0 Å². The zero-order valence-corrected chi connectivity index (χ0v) is 25.9. The predicted molar refractivity (Wildman–Crippen MR) is 164 cm³/mol. The number of nitrogens with zero attached hydrogens (tertiary/aromatic N) is 4. The molecule has 2 aromatic rings. The van der Waals surface area contributed by atoms with Crippen molar-refractivity contribution in [3.63, 3.8) is 0 Å². The molecule has 4 rings (SSSR count). The molecule has 0 atom stereocenters. The Morgan fingerprint density at radius 3 is 1.32 bits per heavy atom. The van der Waals surface area contributed by atoms with Crippen molar-refractivity contribution in [2.75, 3.05) is 64.9 Å². The summed E-state index contributed by atoms with van der Waals surface area (Å²) in [6.07, 6.45) is 4.20. The summed E-state index contributed by atoms with van der Waals surface area (Å²) >= 11 is 3.56. The van der Waals surface area contributed by atoms with E-state index < -0.39 is 10.4 Å². The standard InChI is InChI=1S/2C13H20N4S.H2O4S/c2*1-18-12-4-2-3-11(9-12)10-16-5-7-17(8-6-16)13(14)15;1-5(2,3)4/h2*2-4,9H,5-8,10H2,1H3,(H3,14,15);(H2,1,2,3,4)/p-2. The highest BCUT2D eigenvalue weighted by molar-refractivity contribution is 7.98. The first kappa shape index (κ1) is 34.7. The fraction of sp³-hybridized carbons (Fsp3) is 0.462. The molecule has 0 aromatic heterocycles. The summed E-state index contributed by atoms with van der Waals surface area (Å²) < 4.78 is 34.1. The molecule has 0 aliphatic carbocycles. The van der Waals surface area contributed by atoms with Crippen molar-refractivity contribution in [3.05, 3.63) is 59.7 Å². The van der Waals surface area contributed by atoms with E-state index in [2.05, 4.69) is 70.8 Å². The molecule has 2 heterocycles. The lowest BCUT2D eigenvalue weighted by atomic mass is 10.2. The first-order valence-electron chi connectivity index (χ1n) is 12.9. The Morgan fingerprint density at radius 2 is 1.05 bits per heavy atom. The van der Waals surface area contributed by atoms with Crippen LogP contribution in [0.5, 0.6) is 0 Å². The second kappa shape index (κ2) is 17.4. The molecular formula is C26H40N8O4S3-2. The Bertz CT molecular complexity index is 1130. The van der Waals surface area contributed by atoms with E-state index in [1.165, 1.54) is 20.9 Å². The number of nitrogens with one attached hydrogen (secondary N) is 2. The molecule has 2 fully saturated rings. The Hall–Kier alpha value is -2.53. The number of thioether (sulfide) groups is 2. The SMILES string of the molecule is CSc1cccc(CN2CCN(C(=N)N)CC2)c1.CSc1cccc(CN2CCN(C(=N)N)CC2)c1.O=S(=O)([O-])[O-]. The van der Waals surface area contributed by atoms with Crippen LogP contribution in [0.25, 0.3) is 0 Å². The van der Waals surface area contributed by atoms with Crippen molar-refractivity contribution in [2.45, 2.75) is 22.9 Å². The summed E-state index contributed by atoms with van der Waals surface area (Å²) in [6, 6.07) is 17.4. The fourth-order valence-corrected chi connectivity index (χ4v) is 5.32. The quantitative estimate of drug-likeness (QED) is 0.119. The summed E-state index contributed by atoms with van der Waals surface area (Å²) in [5.41, 5.74) is 13.7. The van der Waals surface area contributed by atoms with E-state index in [9.17, 15) is 0 Å². The van der Waals surface area contributed by atoms with Gasteiger partial charge in [0.2, 0.25) is 0 Å². The Morgan fingerprint density at radius 1 is 0.732 bits per heavy atom. The first-order valence-corrected chi connectivity index (χ1v) is 16.7. The van der Waals surface area contributed by atoms with Gasteiger partial charge in [0.1, 0.15) is 0 Å². The van der Waals surface area contributed by atoms with Gasteiger partial charge in [0, 0.05) is 85.6 Å². The molecule has 2 aromatic carbocycles. The second-order valence-corrected chi connectivity index (χ2v) is 12.0. The minimum absolute atomic E-state index is 0.194. The molecule has 0 spiro atoms. The highest BCUT2D eigenvalue weighted by atomic mass is 32.3. The van der Waals surface area contributed by atoms with Crippen LogP contribution in [0.15, 0.2) is 58.3 Å². The largest absolute Gasteiger partial charge is 0.759 e. The van der Waals surface area contributed by atoms with E-state index >= 15 is 0 Å². The Labute approximate surface area is 252 Å². The van der Waals surface area contributed by atoms with Crippen LogP contribution in [0.2, 0.25) is 0 Å². The average Bonchev–Trinajstić information content (AvgIpc) is 2.93. The Balaban J connectivity index is 0.000000247. The van der Waals surface area contributed by atoms with Gasteiger partial charge in [-0.25, -0.2) is 0 Å². The maximum Gasteiger partial charge on any atom is 0.188 e. The molecule has 15 heteroatoms. The number of piperazine rings is 2. The number of guanidine groups is 2. The number of rotatable bonds is 6. The zero-order chi connectivity index (χ0) is 30.4. The summed E-state index contributed by atoms with van der Waals surface area (Å²) in [5, 5.41) is 14.8. The highest BCUT2D eigenvalue weighted by Crippen LogP contribution is 2.18. The minimum atomic E-state index is -5.17. The van der Waals surface area contributed by atoms with Gasteiger partial charge < -0.3 is 30.4 Å². The van der Waals surface area contributed by atoms with Crippen molar-refractivity contribution in [1.82, 2.24) is 19.6 Å². The van der Waals surface area contributed by atoms with Crippen LogP contribution in [0.4, 0.5) is 0 Å². The third-order valence-electron chi connectivity index (χ3n) is 6.51. The maximum atomic E-state index is 8.52. The van der Waals surface area contributed by atoms with E-state index in [-0.39, 0.29) is 11.9 Å². The Kier molecular flexibility index (Phi) is 14.7. The molecule has 12 nitrogen and oxygen atoms in total. The smallest absolute Gasteiger partial charge is 0.188 e. The number of hydrogen-bond donors (Lipinski definition) is 4. The zero-order valence-electron chi connectivity index (χ0n) is 23.5. The fourth-order valence-electron chi connectivity index (χ4n) is 4.35. The van der Waals surface area contributed by atoms with Crippen molar-refractivity contribution < 1.29 is 17.5 Å². The summed E-state index contributed by atoms with van der Waals surface area (Å²) in [5.74, 6) is 0.387. The topological polar surface area (TPSA) is 193 Å². The van der Waals surface area contributed by atoms with E-state index in [4.69, 9.17) is 39.8 Å². The monoisotopic (exact) mass is 624 g/mol. The van der Waals surface area contributed by atoms with Gasteiger partial charge in [-0.1, -0.05) is 24.3 Å². The third kappa shape index (κ3) is 14.3. The first-order chi connectivity index (χ1) is 19.4. The molecular weight excluding hydrogens is 585 g/mol. The van der Waals surface area contributed by atoms with Crippen LogP contribution in [-0.4, -0.2) is 114 Å². The molecule has 6 N–H and O–H groups in total. The van der Waals surface area contributed by atoms with Crippen molar-refractivity contribution in [3.8, 4) is 0 Å². The van der Waals surface area contributed by atoms with E-state index in [0.717, 1.165) is 65.4 Å². The van der Waals surface area contributed by atoms with Gasteiger partial charge in [0.15, 0.2) is 11.9 Å². The molecule has 0 saturated carbocycles. The molecule has 41 heavy (non-hydrogen) atoms. The molecule has 2 saturated heterocycles. The predicted octanol–water partition coefficient (Wildman–Crippen LogP) is 1.50. The van der Waals surface area contributed by atoms with Gasteiger partial charge in [-0.15, -0.1) is 23.5 Å². The van der Waals surface area contributed by atoms with Crippen LogP contribution in [-0.2, 0) is 23.5 Å². The van der Waals surface area contributed by atoms with Gasteiger partial charge in [-0.05, 0) is 47.9 Å². The van der Waals surface area contributed by atoms with Gasteiger partial charge in [0.05, 0.1) is 0 Å². The summed E-state index contributed by atoms with van der Waals surface area (Å²) in [4.78, 5) is 11.3. The second-order valence-electron chi connectivity index (χ2n) is 9.41. The van der Waals surface area contributed by atoms with E-state index in [0.29, 0.717) is 0 Å². The third-order valence-corrected chi connectivity index (χ3v) is 7.96. The molecule has 228 valence electrons. The minimum Gasteiger partial charge on any atom is -0.759 e. The van der Waals surface area contributed by atoms with E-state index in [1.807, 2.05) is 9.80 Å². The molecule has 0 radical (unpaired) electrons. The molecule has 0 unspecified atom stereocenters. The van der Waals surface area contributed by atoms with Gasteiger partial charge in [-0.2, -0.15) is 0 Å². The lowest BCUT2D eigenvalue weighted by Crippen LogP contribution is -2.50. The molecule has 2 aliphatic rings. The lowest BCUT2D eigenvalue weighted by Gasteiger charge is -2.34. The molecule has 2 aliphatic heterocycles. The highest BCUT2D eigenvalue weighted by Gasteiger charge is 2.18. The normalized spacial score (nSPS) is 16.2. The van der Waals surface area contributed by atoms with Gasteiger partial charge >= 0.3 is 0 Å². The molecule has 0 amide bonds. The van der Waals surface area contributed by atoms with Crippen LogP contribution in [0, 0.1) is 10.8 Å².